The Labute approximate surface area is 125 Å². The fourth-order valence-corrected chi connectivity index (χ4v) is 4.43. The van der Waals surface area contributed by atoms with Crippen LogP contribution in [0.2, 0.25) is 0 Å². The van der Waals surface area contributed by atoms with Crippen molar-refractivity contribution in [2.45, 2.75) is 32.2 Å². The SMILES string of the molecule is CCCNC(CCc1cccs1)c1sccc1Br. The molecule has 1 N–H and O–H groups in total. The van der Waals surface area contributed by atoms with Gasteiger partial charge < -0.3 is 5.32 Å². The third-order valence-electron chi connectivity index (χ3n) is 2.86. The molecule has 0 saturated carbocycles. The fourth-order valence-electron chi connectivity index (χ4n) is 1.94. The maximum absolute atomic E-state index is 3.66. The number of thiophene rings is 2. The third kappa shape index (κ3) is 3.92. The quantitative estimate of drug-likeness (QED) is 0.724. The van der Waals surface area contributed by atoms with Crippen molar-refractivity contribution >= 4 is 38.6 Å². The largest absolute Gasteiger partial charge is 0.309 e. The Kier molecular flexibility index (Phi) is 5.89. The number of aryl methyl sites for hydroxylation is 1. The van der Waals surface area contributed by atoms with Gasteiger partial charge in [-0.05, 0) is 64.6 Å². The van der Waals surface area contributed by atoms with E-state index in [1.807, 2.05) is 22.7 Å². The van der Waals surface area contributed by atoms with Crippen LogP contribution in [0.5, 0.6) is 0 Å². The van der Waals surface area contributed by atoms with Crippen LogP contribution in [0.25, 0.3) is 0 Å². The molecule has 0 aliphatic rings. The summed E-state index contributed by atoms with van der Waals surface area (Å²) >= 11 is 7.34. The van der Waals surface area contributed by atoms with E-state index in [4.69, 9.17) is 0 Å². The van der Waals surface area contributed by atoms with Gasteiger partial charge in [-0.3, -0.25) is 0 Å². The molecule has 98 valence electrons. The summed E-state index contributed by atoms with van der Waals surface area (Å²) < 4.78 is 1.24. The van der Waals surface area contributed by atoms with E-state index in [9.17, 15) is 0 Å². The van der Waals surface area contributed by atoms with Crippen molar-refractivity contribution in [2.24, 2.45) is 0 Å². The van der Waals surface area contributed by atoms with E-state index >= 15 is 0 Å². The van der Waals surface area contributed by atoms with Crippen LogP contribution in [-0.2, 0) is 6.42 Å². The second kappa shape index (κ2) is 7.43. The van der Waals surface area contributed by atoms with E-state index in [1.54, 1.807) is 0 Å². The third-order valence-corrected chi connectivity index (χ3v) is 5.78. The second-order valence-corrected chi connectivity index (χ2v) is 7.09. The summed E-state index contributed by atoms with van der Waals surface area (Å²) in [5.74, 6) is 0. The lowest BCUT2D eigenvalue weighted by Crippen LogP contribution is -2.22. The molecule has 2 aromatic heterocycles. The maximum atomic E-state index is 3.66. The van der Waals surface area contributed by atoms with Crippen molar-refractivity contribution in [1.82, 2.24) is 5.32 Å². The molecule has 1 atom stereocenters. The molecule has 0 aromatic carbocycles. The molecule has 0 aliphatic heterocycles. The molecule has 2 heterocycles. The van der Waals surface area contributed by atoms with Crippen molar-refractivity contribution in [3.63, 3.8) is 0 Å². The summed E-state index contributed by atoms with van der Waals surface area (Å²) in [6.45, 7) is 3.30. The first kappa shape index (κ1) is 14.3. The monoisotopic (exact) mass is 343 g/mol. The minimum absolute atomic E-state index is 0.474. The highest BCUT2D eigenvalue weighted by molar-refractivity contribution is 9.10. The zero-order valence-electron chi connectivity index (χ0n) is 10.5. The average molecular weight is 344 g/mol. The molecule has 18 heavy (non-hydrogen) atoms. The standard InChI is InChI=1S/C14H18BrNS2/c1-2-8-16-13(14-12(15)7-10-18-14)6-5-11-4-3-9-17-11/h3-4,7,9-10,13,16H,2,5-6,8H2,1H3. The number of rotatable bonds is 7. The second-order valence-electron chi connectivity index (χ2n) is 4.26. The van der Waals surface area contributed by atoms with E-state index in [-0.39, 0.29) is 0 Å². The Balaban J connectivity index is 1.99. The van der Waals surface area contributed by atoms with Gasteiger partial charge in [-0.2, -0.15) is 0 Å². The highest BCUT2D eigenvalue weighted by Crippen LogP contribution is 2.32. The van der Waals surface area contributed by atoms with Gasteiger partial charge in [-0.15, -0.1) is 22.7 Å². The molecule has 0 spiro atoms. The Morgan fingerprint density at radius 1 is 1.28 bits per heavy atom. The van der Waals surface area contributed by atoms with E-state index in [0.29, 0.717) is 6.04 Å². The lowest BCUT2D eigenvalue weighted by atomic mass is 10.1. The summed E-state index contributed by atoms with van der Waals surface area (Å²) in [4.78, 5) is 2.91. The maximum Gasteiger partial charge on any atom is 0.0429 e. The van der Waals surface area contributed by atoms with Crippen LogP contribution in [0.3, 0.4) is 0 Å². The lowest BCUT2D eigenvalue weighted by molar-refractivity contribution is 0.506. The zero-order valence-corrected chi connectivity index (χ0v) is 13.7. The molecular formula is C14H18BrNS2. The minimum atomic E-state index is 0.474. The van der Waals surface area contributed by atoms with Gasteiger partial charge in [0.25, 0.3) is 0 Å². The molecule has 1 nitrogen and oxygen atoms in total. The number of hydrogen-bond donors (Lipinski definition) is 1. The first-order valence-electron chi connectivity index (χ1n) is 6.30. The zero-order chi connectivity index (χ0) is 12.8. The van der Waals surface area contributed by atoms with Gasteiger partial charge >= 0.3 is 0 Å². The smallest absolute Gasteiger partial charge is 0.0429 e. The molecule has 0 bridgehead atoms. The normalized spacial score (nSPS) is 12.8. The number of halogens is 1. The molecule has 0 saturated heterocycles. The topological polar surface area (TPSA) is 12.0 Å². The highest BCUT2D eigenvalue weighted by Gasteiger charge is 2.15. The van der Waals surface area contributed by atoms with Crippen molar-refractivity contribution in [1.29, 1.82) is 0 Å². The molecule has 4 heteroatoms. The van der Waals surface area contributed by atoms with Crippen molar-refractivity contribution in [3.05, 3.63) is 43.2 Å². The minimum Gasteiger partial charge on any atom is -0.309 e. The van der Waals surface area contributed by atoms with Crippen LogP contribution in [0.1, 0.15) is 35.6 Å². The summed E-state index contributed by atoms with van der Waals surface area (Å²) in [5.41, 5.74) is 0. The van der Waals surface area contributed by atoms with E-state index < -0.39 is 0 Å². The Morgan fingerprint density at radius 3 is 2.78 bits per heavy atom. The predicted octanol–water partition coefficient (Wildman–Crippen LogP) is 5.25. The Morgan fingerprint density at radius 2 is 2.17 bits per heavy atom. The molecule has 0 radical (unpaired) electrons. The van der Waals surface area contributed by atoms with Crippen molar-refractivity contribution in [3.8, 4) is 0 Å². The Hall–Kier alpha value is -0.160. The molecule has 0 amide bonds. The van der Waals surface area contributed by atoms with Gasteiger partial charge in [0.2, 0.25) is 0 Å². The van der Waals surface area contributed by atoms with Gasteiger partial charge in [-0.25, -0.2) is 0 Å². The van der Waals surface area contributed by atoms with E-state index in [0.717, 1.165) is 13.0 Å². The van der Waals surface area contributed by atoms with Gasteiger partial charge in [0, 0.05) is 20.3 Å². The first-order chi connectivity index (χ1) is 8.81. The molecule has 1 unspecified atom stereocenters. The summed E-state index contributed by atoms with van der Waals surface area (Å²) in [7, 11) is 0. The van der Waals surface area contributed by atoms with Crippen LogP contribution >= 0.6 is 38.6 Å². The van der Waals surface area contributed by atoms with Crippen LogP contribution in [0.15, 0.2) is 33.4 Å². The Bertz CT molecular complexity index is 450. The number of nitrogens with one attached hydrogen (secondary N) is 1. The van der Waals surface area contributed by atoms with E-state index in [2.05, 4.69) is 57.1 Å². The summed E-state index contributed by atoms with van der Waals surface area (Å²) in [6.07, 6.45) is 3.50. The lowest BCUT2D eigenvalue weighted by Gasteiger charge is -2.17. The van der Waals surface area contributed by atoms with Gasteiger partial charge in [-0.1, -0.05) is 13.0 Å². The molecule has 2 rings (SSSR count). The van der Waals surface area contributed by atoms with Crippen molar-refractivity contribution in [2.75, 3.05) is 6.54 Å². The summed E-state index contributed by atoms with van der Waals surface area (Å²) in [5, 5.41) is 7.98. The van der Waals surface area contributed by atoms with E-state index in [1.165, 1.54) is 27.1 Å². The molecular weight excluding hydrogens is 326 g/mol. The first-order valence-corrected chi connectivity index (χ1v) is 8.85. The number of hydrogen-bond acceptors (Lipinski definition) is 3. The van der Waals surface area contributed by atoms with Gasteiger partial charge in [0.15, 0.2) is 0 Å². The summed E-state index contributed by atoms with van der Waals surface area (Å²) in [6, 6.07) is 6.98. The average Bonchev–Trinajstić information content (AvgIpc) is 3.01. The fraction of sp³-hybridized carbons (Fsp3) is 0.429. The van der Waals surface area contributed by atoms with Crippen LogP contribution in [0.4, 0.5) is 0 Å². The highest BCUT2D eigenvalue weighted by atomic mass is 79.9. The van der Waals surface area contributed by atoms with Gasteiger partial charge in [0.05, 0.1) is 0 Å². The molecule has 2 aromatic rings. The van der Waals surface area contributed by atoms with Crippen LogP contribution < -0.4 is 5.32 Å². The van der Waals surface area contributed by atoms with Gasteiger partial charge in [0.1, 0.15) is 0 Å². The van der Waals surface area contributed by atoms with Crippen LogP contribution in [0, 0.1) is 0 Å². The predicted molar refractivity (Wildman–Crippen MR) is 85.7 cm³/mol. The molecule has 0 fully saturated rings. The van der Waals surface area contributed by atoms with Crippen LogP contribution in [-0.4, -0.2) is 6.54 Å². The molecule has 0 aliphatic carbocycles. The van der Waals surface area contributed by atoms with Crippen molar-refractivity contribution < 1.29 is 0 Å².